The second-order valence-corrected chi connectivity index (χ2v) is 3.59. The zero-order chi connectivity index (χ0) is 6.85. The molecule has 0 aromatic heterocycles. The van der Waals surface area contributed by atoms with Crippen LogP contribution in [0.2, 0.25) is 0 Å². The lowest BCUT2D eigenvalue weighted by atomic mass is 10.1. The van der Waals surface area contributed by atoms with Crippen molar-refractivity contribution in [2.75, 3.05) is 0 Å². The van der Waals surface area contributed by atoms with Crippen LogP contribution in [-0.4, -0.2) is 16.3 Å². The van der Waals surface area contributed by atoms with Gasteiger partial charge in [-0.3, -0.25) is 0 Å². The van der Waals surface area contributed by atoms with E-state index >= 15 is 0 Å². The van der Waals surface area contributed by atoms with Gasteiger partial charge in [0.15, 0.2) is 0 Å². The molecule has 0 bridgehead atoms. The van der Waals surface area contributed by atoms with Gasteiger partial charge in [-0.25, -0.2) is 0 Å². The maximum absolute atomic E-state index is 2.20. The summed E-state index contributed by atoms with van der Waals surface area (Å²) in [5.74, 6) is 0. The van der Waals surface area contributed by atoms with Crippen molar-refractivity contribution in [3.63, 3.8) is 0 Å². The molecule has 0 amide bonds. The molecule has 0 heterocycles. The molecule has 0 aliphatic heterocycles. The van der Waals surface area contributed by atoms with Crippen LogP contribution in [0.4, 0.5) is 0 Å². The molecular formula is C8H12AlCl. The number of rotatable bonds is 0. The topological polar surface area (TPSA) is 0 Å². The van der Waals surface area contributed by atoms with Crippen molar-refractivity contribution in [1.82, 2.24) is 0 Å². The van der Waals surface area contributed by atoms with Crippen molar-refractivity contribution >= 4 is 33.1 Å². The van der Waals surface area contributed by atoms with Crippen molar-refractivity contribution in [2.45, 2.75) is 13.8 Å². The van der Waals surface area contributed by atoms with Crippen LogP contribution >= 0.6 is 12.4 Å². The summed E-state index contributed by atoms with van der Waals surface area (Å²) in [6.07, 6.45) is 0. The molecule has 10 heavy (non-hydrogen) atoms. The summed E-state index contributed by atoms with van der Waals surface area (Å²) in [5, 5.41) is 0. The monoisotopic (exact) mass is 170 g/mol. The first-order chi connectivity index (χ1) is 4.22. The zero-order valence-electron chi connectivity index (χ0n) is 6.64. The zero-order valence-corrected chi connectivity index (χ0v) is 9.46. The highest BCUT2D eigenvalue weighted by Gasteiger charge is 1.91. The Morgan fingerprint density at radius 2 is 1.80 bits per heavy atom. The summed E-state index contributed by atoms with van der Waals surface area (Å²) < 4.78 is 1.52. The van der Waals surface area contributed by atoms with Crippen molar-refractivity contribution in [1.29, 1.82) is 0 Å². The number of benzene rings is 1. The summed E-state index contributed by atoms with van der Waals surface area (Å²) >= 11 is 1.17. The van der Waals surface area contributed by atoms with Gasteiger partial charge in [0.25, 0.3) is 16.3 Å². The molecular weight excluding hydrogens is 159 g/mol. The summed E-state index contributed by atoms with van der Waals surface area (Å²) in [4.78, 5) is 0. The standard InChI is InChI=1S/C8H9.Al.ClH.2H/c1-7-5-3-4-6-8(7)2;;;;/h3-5H,1-2H3;;1H;;. The van der Waals surface area contributed by atoms with E-state index in [1.54, 1.807) is 0 Å². The smallest absolute Gasteiger partial charge is 0.147 e. The van der Waals surface area contributed by atoms with Crippen molar-refractivity contribution in [3.8, 4) is 0 Å². The minimum atomic E-state index is 0. The molecule has 0 aliphatic carbocycles. The van der Waals surface area contributed by atoms with Gasteiger partial charge in [0.2, 0.25) is 0 Å². The second kappa shape index (κ2) is 4.03. The Morgan fingerprint density at radius 1 is 1.20 bits per heavy atom. The van der Waals surface area contributed by atoms with Crippen LogP contribution in [0.5, 0.6) is 0 Å². The van der Waals surface area contributed by atoms with Crippen molar-refractivity contribution in [3.05, 3.63) is 29.3 Å². The van der Waals surface area contributed by atoms with Crippen LogP contribution in [0.1, 0.15) is 11.1 Å². The van der Waals surface area contributed by atoms with E-state index in [4.69, 9.17) is 0 Å². The molecule has 0 fully saturated rings. The van der Waals surface area contributed by atoms with E-state index in [2.05, 4.69) is 32.0 Å². The normalized spacial score (nSPS) is 8.60. The molecule has 0 atom stereocenters. The van der Waals surface area contributed by atoms with E-state index in [0.29, 0.717) is 0 Å². The number of aryl methyl sites for hydroxylation is 1. The van der Waals surface area contributed by atoms with Gasteiger partial charge in [-0.05, 0) is 19.4 Å². The number of hydrogen-bond acceptors (Lipinski definition) is 0. The molecule has 0 spiro atoms. The molecule has 1 aromatic rings. The van der Waals surface area contributed by atoms with Crippen LogP contribution in [-0.2, 0) is 0 Å². The van der Waals surface area contributed by atoms with Crippen LogP contribution in [0.15, 0.2) is 18.2 Å². The average Bonchev–Trinajstić information content (AvgIpc) is 1.83. The Labute approximate surface area is 76.5 Å². The van der Waals surface area contributed by atoms with E-state index < -0.39 is 0 Å². The maximum atomic E-state index is 2.20. The third kappa shape index (κ3) is 2.02. The summed E-state index contributed by atoms with van der Waals surface area (Å²) in [6.45, 7) is 4.36. The van der Waals surface area contributed by atoms with Gasteiger partial charge >= 0.3 is 0 Å². The van der Waals surface area contributed by atoms with Gasteiger partial charge in [0.05, 0.1) is 0 Å². The fourth-order valence-corrected chi connectivity index (χ4v) is 1.48. The largest absolute Gasteiger partial charge is 0.259 e. The number of halogens is 1. The molecule has 54 valence electrons. The first-order valence-corrected chi connectivity index (χ1v) is 4.24. The summed E-state index contributed by atoms with van der Waals surface area (Å²) in [5.41, 5.74) is 2.90. The molecule has 0 saturated heterocycles. The van der Waals surface area contributed by atoms with Gasteiger partial charge in [0.1, 0.15) is 0 Å². The summed E-state index contributed by atoms with van der Waals surface area (Å²) in [7, 11) is 0. The van der Waals surface area contributed by atoms with Gasteiger partial charge in [-0.2, -0.15) is 0 Å². The van der Waals surface area contributed by atoms with Gasteiger partial charge in [0, 0.05) is 0 Å². The molecule has 1 aromatic carbocycles. The lowest BCUT2D eigenvalue weighted by Gasteiger charge is -2.01. The molecule has 0 radical (unpaired) electrons. The maximum Gasteiger partial charge on any atom is 0.259 e. The minimum absolute atomic E-state index is 0. The fourth-order valence-electron chi connectivity index (χ4n) is 0.898. The van der Waals surface area contributed by atoms with Crippen LogP contribution in [0.3, 0.4) is 0 Å². The van der Waals surface area contributed by atoms with E-state index in [1.165, 1.54) is 31.8 Å². The fraction of sp³-hybridized carbons (Fsp3) is 0.250. The molecule has 2 heteroatoms. The lowest BCUT2D eigenvalue weighted by molar-refractivity contribution is 1.37. The highest BCUT2D eigenvalue weighted by Crippen LogP contribution is 1.99. The second-order valence-electron chi connectivity index (χ2n) is 2.52. The Hall–Kier alpha value is 0.0425. The van der Waals surface area contributed by atoms with E-state index in [-0.39, 0.29) is 12.4 Å². The van der Waals surface area contributed by atoms with Crippen molar-refractivity contribution < 1.29 is 0 Å². The van der Waals surface area contributed by atoms with Gasteiger partial charge in [-0.15, -0.1) is 16.8 Å². The van der Waals surface area contributed by atoms with E-state index in [0.717, 1.165) is 0 Å². The molecule has 0 unspecified atom stereocenters. The summed E-state index contributed by atoms with van der Waals surface area (Å²) in [6, 6.07) is 6.50. The Bertz CT molecular complexity index is 200. The van der Waals surface area contributed by atoms with Crippen LogP contribution < -0.4 is 4.43 Å². The Morgan fingerprint density at radius 3 is 2.20 bits per heavy atom. The van der Waals surface area contributed by atoms with Crippen molar-refractivity contribution in [2.24, 2.45) is 0 Å². The highest BCUT2D eigenvalue weighted by atomic mass is 35.5. The van der Waals surface area contributed by atoms with Gasteiger partial charge in [-0.1, -0.05) is 23.8 Å². The average molecular weight is 171 g/mol. The van der Waals surface area contributed by atoms with E-state index in [9.17, 15) is 0 Å². The Balaban J connectivity index is 0.000000810. The van der Waals surface area contributed by atoms with Crippen LogP contribution in [0.25, 0.3) is 0 Å². The van der Waals surface area contributed by atoms with E-state index in [1.807, 2.05) is 0 Å². The lowest BCUT2D eigenvalue weighted by Crippen LogP contribution is -2.07. The molecule has 0 N–H and O–H groups in total. The first-order valence-electron chi connectivity index (χ1n) is 3.24. The highest BCUT2D eigenvalue weighted by molar-refractivity contribution is 6.33. The molecule has 0 saturated carbocycles. The quantitative estimate of drug-likeness (QED) is 0.510. The van der Waals surface area contributed by atoms with Crippen LogP contribution in [0, 0.1) is 13.8 Å². The predicted molar refractivity (Wildman–Crippen MR) is 51.3 cm³/mol. The first kappa shape index (κ1) is 10.0. The number of hydrogen-bond donors (Lipinski definition) is 0. The minimum Gasteiger partial charge on any atom is -0.147 e. The predicted octanol–water partition coefficient (Wildman–Crippen LogP) is 0.984. The molecule has 0 aliphatic rings. The molecule has 0 nitrogen and oxygen atoms in total. The molecule has 1 rings (SSSR count). The SMILES string of the molecule is Cc1ccc[c]([AlH2])c1C.Cl. The Kier molecular flexibility index (Phi) is 4.05. The van der Waals surface area contributed by atoms with Gasteiger partial charge < -0.3 is 0 Å². The third-order valence-corrected chi connectivity index (χ3v) is 2.96. The third-order valence-electron chi connectivity index (χ3n) is 1.88.